The summed E-state index contributed by atoms with van der Waals surface area (Å²) in [6.45, 7) is 0. The molecule has 11 aromatic rings. The molecule has 0 saturated carbocycles. The Morgan fingerprint density at radius 3 is 1.85 bits per heavy atom. The summed E-state index contributed by atoms with van der Waals surface area (Å²) in [7, 11) is 0. The highest BCUT2D eigenvalue weighted by Crippen LogP contribution is 2.48. The van der Waals surface area contributed by atoms with Crippen LogP contribution in [0.15, 0.2) is 205 Å². The Morgan fingerprint density at radius 1 is 0.345 bits per heavy atom. The van der Waals surface area contributed by atoms with Crippen molar-refractivity contribution in [1.29, 1.82) is 0 Å². The Bertz CT molecular complexity index is 3230. The van der Waals surface area contributed by atoms with E-state index in [0.717, 1.165) is 66.6 Å². The van der Waals surface area contributed by atoms with Crippen LogP contribution in [-0.4, -0.2) is 0 Å². The molecule has 0 saturated heterocycles. The third-order valence-corrected chi connectivity index (χ3v) is 12.0. The smallest absolute Gasteiger partial charge is 0.143 e. The zero-order valence-electron chi connectivity index (χ0n) is 29.8. The molecule has 0 bridgehead atoms. The first-order chi connectivity index (χ1) is 27.3. The summed E-state index contributed by atoms with van der Waals surface area (Å²) in [6.07, 6.45) is 0. The summed E-state index contributed by atoms with van der Waals surface area (Å²) in [4.78, 5) is 2.43. The number of furan rings is 1. The lowest BCUT2D eigenvalue weighted by atomic mass is 9.96. The predicted octanol–water partition coefficient (Wildman–Crippen LogP) is 15.6. The van der Waals surface area contributed by atoms with Gasteiger partial charge in [-0.1, -0.05) is 152 Å². The maximum Gasteiger partial charge on any atom is 0.143 e. The van der Waals surface area contributed by atoms with Crippen LogP contribution in [0.3, 0.4) is 0 Å². The number of thiophene rings is 1. The summed E-state index contributed by atoms with van der Waals surface area (Å²) in [5.41, 5.74) is 11.9. The number of benzene rings is 9. The molecule has 2 nitrogen and oxygen atoms in total. The first-order valence-electron chi connectivity index (χ1n) is 18.7. The van der Waals surface area contributed by atoms with Crippen LogP contribution in [0.5, 0.6) is 0 Å². The average molecular weight is 720 g/mol. The molecule has 0 unspecified atom stereocenters. The van der Waals surface area contributed by atoms with Gasteiger partial charge in [0.25, 0.3) is 0 Å². The number of rotatable bonds is 6. The molecular formula is C52H33NOS. The van der Waals surface area contributed by atoms with Gasteiger partial charge < -0.3 is 9.32 Å². The van der Waals surface area contributed by atoms with Gasteiger partial charge in [-0.15, -0.1) is 11.3 Å². The van der Waals surface area contributed by atoms with E-state index < -0.39 is 0 Å². The highest BCUT2D eigenvalue weighted by atomic mass is 32.1. The van der Waals surface area contributed by atoms with Crippen molar-refractivity contribution in [2.24, 2.45) is 0 Å². The fourth-order valence-electron chi connectivity index (χ4n) is 8.30. The van der Waals surface area contributed by atoms with Gasteiger partial charge in [0.2, 0.25) is 0 Å². The van der Waals surface area contributed by atoms with E-state index in [1.165, 1.54) is 36.7 Å². The molecule has 0 radical (unpaired) electrons. The summed E-state index contributed by atoms with van der Waals surface area (Å²) in [6, 6.07) is 72.2. The van der Waals surface area contributed by atoms with Gasteiger partial charge in [0.05, 0.1) is 11.4 Å². The summed E-state index contributed by atoms with van der Waals surface area (Å²) >= 11 is 1.85. The van der Waals surface area contributed by atoms with Gasteiger partial charge in [0.15, 0.2) is 0 Å². The largest absolute Gasteiger partial charge is 0.455 e. The Hall–Kier alpha value is -6.94. The van der Waals surface area contributed by atoms with E-state index in [0.29, 0.717) is 0 Å². The topological polar surface area (TPSA) is 16.4 Å². The van der Waals surface area contributed by atoms with Crippen LogP contribution in [0.4, 0.5) is 17.1 Å². The molecule has 2 heterocycles. The monoisotopic (exact) mass is 719 g/mol. The van der Waals surface area contributed by atoms with Gasteiger partial charge in [-0.3, -0.25) is 0 Å². The molecule has 0 aliphatic heterocycles. The SMILES string of the molecule is c1ccc(-c2ccccc2N(c2cccc(-c3ccc4sc5ccccc5c4c3)c2)c2ccccc2-c2cccc3c2oc2c4ccccc4ccc32)cc1. The fourth-order valence-corrected chi connectivity index (χ4v) is 9.39. The fraction of sp³-hybridized carbons (Fsp3) is 0. The third kappa shape index (κ3) is 5.24. The van der Waals surface area contributed by atoms with E-state index in [4.69, 9.17) is 4.42 Å². The minimum Gasteiger partial charge on any atom is -0.455 e. The van der Waals surface area contributed by atoms with Crippen molar-refractivity contribution < 1.29 is 4.42 Å². The predicted molar refractivity (Wildman–Crippen MR) is 235 cm³/mol. The van der Waals surface area contributed by atoms with Crippen LogP contribution in [0.25, 0.3) is 86.3 Å². The van der Waals surface area contributed by atoms with Crippen molar-refractivity contribution in [3.05, 3.63) is 200 Å². The van der Waals surface area contributed by atoms with Gasteiger partial charge in [-0.25, -0.2) is 0 Å². The normalized spacial score (nSPS) is 11.6. The number of hydrogen-bond acceptors (Lipinski definition) is 3. The minimum absolute atomic E-state index is 0.891. The summed E-state index contributed by atoms with van der Waals surface area (Å²) in [5, 5.41) is 7.14. The molecule has 55 heavy (non-hydrogen) atoms. The molecule has 0 amide bonds. The van der Waals surface area contributed by atoms with Gasteiger partial charge in [0.1, 0.15) is 11.2 Å². The lowest BCUT2D eigenvalue weighted by molar-refractivity contribution is 0.674. The van der Waals surface area contributed by atoms with E-state index in [1.54, 1.807) is 0 Å². The second kappa shape index (κ2) is 12.9. The van der Waals surface area contributed by atoms with Crippen LogP contribution in [0.1, 0.15) is 0 Å². The quantitative estimate of drug-likeness (QED) is 0.170. The zero-order chi connectivity index (χ0) is 36.3. The van der Waals surface area contributed by atoms with Crippen LogP contribution in [0.2, 0.25) is 0 Å². The molecule has 0 spiro atoms. The molecular weight excluding hydrogens is 687 g/mol. The molecule has 9 aromatic carbocycles. The standard InChI is InChI=1S/C52H33NOS/c1-2-14-34(15-3-1)39-19-6-9-25-47(39)53(38-18-12-17-36(32-38)37-29-31-50-46(33-37)42-22-8-11-27-49(42)55-50)48-26-10-7-21-41(48)43-23-13-24-44-45-30-28-35-16-4-5-20-40(35)51(45)54-52(43)44/h1-33H. The second-order valence-corrected chi connectivity index (χ2v) is 15.1. The van der Waals surface area contributed by atoms with Crippen LogP contribution in [-0.2, 0) is 0 Å². The number of para-hydroxylation sites is 3. The van der Waals surface area contributed by atoms with Crippen molar-refractivity contribution in [1.82, 2.24) is 0 Å². The summed E-state index contributed by atoms with van der Waals surface area (Å²) in [5.74, 6) is 0. The Balaban J connectivity index is 1.14. The highest BCUT2D eigenvalue weighted by Gasteiger charge is 2.23. The van der Waals surface area contributed by atoms with Gasteiger partial charge >= 0.3 is 0 Å². The van der Waals surface area contributed by atoms with Gasteiger partial charge in [-0.05, 0) is 70.6 Å². The molecule has 0 atom stereocenters. The van der Waals surface area contributed by atoms with Crippen molar-refractivity contribution in [3.8, 4) is 33.4 Å². The maximum absolute atomic E-state index is 6.91. The van der Waals surface area contributed by atoms with E-state index in [2.05, 4.69) is 205 Å². The minimum atomic E-state index is 0.891. The second-order valence-electron chi connectivity index (χ2n) is 14.0. The van der Waals surface area contributed by atoms with E-state index in [1.807, 2.05) is 11.3 Å². The van der Waals surface area contributed by atoms with Crippen molar-refractivity contribution in [2.75, 3.05) is 4.90 Å². The molecule has 258 valence electrons. The van der Waals surface area contributed by atoms with Crippen molar-refractivity contribution in [3.63, 3.8) is 0 Å². The number of anilines is 3. The van der Waals surface area contributed by atoms with Crippen molar-refractivity contribution >= 4 is 81.3 Å². The molecule has 0 aliphatic rings. The van der Waals surface area contributed by atoms with E-state index in [-0.39, 0.29) is 0 Å². The van der Waals surface area contributed by atoms with Crippen LogP contribution >= 0.6 is 11.3 Å². The molecule has 0 aliphatic carbocycles. The lowest BCUT2D eigenvalue weighted by Gasteiger charge is -2.30. The maximum atomic E-state index is 6.91. The Kier molecular flexibility index (Phi) is 7.39. The molecule has 2 aromatic heterocycles. The average Bonchev–Trinajstić information content (AvgIpc) is 3.83. The third-order valence-electron chi connectivity index (χ3n) is 10.9. The number of fused-ring (bicyclic) bond motifs is 8. The number of nitrogens with zero attached hydrogens (tertiary/aromatic N) is 1. The highest BCUT2D eigenvalue weighted by molar-refractivity contribution is 7.25. The van der Waals surface area contributed by atoms with Crippen LogP contribution < -0.4 is 4.90 Å². The number of hydrogen-bond donors (Lipinski definition) is 0. The molecule has 0 N–H and O–H groups in total. The molecule has 3 heteroatoms. The van der Waals surface area contributed by atoms with E-state index >= 15 is 0 Å². The molecule has 11 rings (SSSR count). The zero-order valence-corrected chi connectivity index (χ0v) is 30.6. The lowest BCUT2D eigenvalue weighted by Crippen LogP contribution is -2.12. The van der Waals surface area contributed by atoms with E-state index in [9.17, 15) is 0 Å². The van der Waals surface area contributed by atoms with Crippen molar-refractivity contribution in [2.45, 2.75) is 0 Å². The van der Waals surface area contributed by atoms with Gasteiger partial charge in [-0.2, -0.15) is 0 Å². The first-order valence-corrected chi connectivity index (χ1v) is 19.5. The van der Waals surface area contributed by atoms with Gasteiger partial charge in [0, 0.05) is 58.7 Å². The molecule has 0 fully saturated rings. The Labute approximate surface area is 322 Å². The first kappa shape index (κ1) is 31.6. The Morgan fingerprint density at radius 2 is 0.964 bits per heavy atom. The summed E-state index contributed by atoms with van der Waals surface area (Å²) < 4.78 is 9.53. The van der Waals surface area contributed by atoms with Crippen LogP contribution in [0, 0.1) is 0 Å².